The number of imide groups is 2. The van der Waals surface area contributed by atoms with Crippen LogP contribution in [0.25, 0.3) is 0 Å². The van der Waals surface area contributed by atoms with Crippen LogP contribution >= 0.6 is 0 Å². The molecule has 3 aliphatic heterocycles. The Kier molecular flexibility index (Phi) is 8.55. The van der Waals surface area contributed by atoms with Gasteiger partial charge in [0, 0.05) is 58.4 Å². The number of ether oxygens (including phenoxy) is 2. The van der Waals surface area contributed by atoms with E-state index in [9.17, 15) is 24.0 Å². The number of hydrogen-bond donors (Lipinski definition) is 1. The second-order valence-electron chi connectivity index (χ2n) is 11.0. The molecule has 12 heteroatoms. The van der Waals surface area contributed by atoms with Crippen molar-refractivity contribution >= 4 is 35.4 Å². The van der Waals surface area contributed by atoms with Gasteiger partial charge in [0.1, 0.15) is 11.6 Å². The Morgan fingerprint density at radius 2 is 1.72 bits per heavy atom. The van der Waals surface area contributed by atoms with Crippen molar-refractivity contribution in [3.05, 3.63) is 29.3 Å². The molecule has 12 nitrogen and oxygen atoms in total. The molecule has 4 rings (SSSR count). The number of carbonyl (C=O) groups excluding carboxylic acids is 5. The Hall–Kier alpha value is -3.51. The van der Waals surface area contributed by atoms with E-state index in [1.807, 2.05) is 26.8 Å². The molecule has 0 saturated carbocycles. The van der Waals surface area contributed by atoms with E-state index >= 15 is 0 Å². The zero-order chi connectivity index (χ0) is 28.3. The predicted octanol–water partition coefficient (Wildman–Crippen LogP) is 1.09. The van der Waals surface area contributed by atoms with Crippen molar-refractivity contribution in [1.82, 2.24) is 20.0 Å². The van der Waals surface area contributed by atoms with E-state index in [2.05, 4.69) is 15.1 Å². The van der Waals surface area contributed by atoms with Crippen LogP contribution in [0, 0.1) is 0 Å². The molecule has 212 valence electrons. The maximum absolute atomic E-state index is 13.1. The third kappa shape index (κ3) is 6.74. The Bertz CT molecular complexity index is 1140. The van der Waals surface area contributed by atoms with Gasteiger partial charge < -0.3 is 19.3 Å². The van der Waals surface area contributed by atoms with Crippen molar-refractivity contribution in [3.8, 4) is 0 Å². The normalized spacial score (nSPS) is 20.3. The van der Waals surface area contributed by atoms with Gasteiger partial charge in [-0.2, -0.15) is 0 Å². The number of piperazine rings is 1. The zero-order valence-corrected chi connectivity index (χ0v) is 23.0. The van der Waals surface area contributed by atoms with E-state index in [0.29, 0.717) is 19.8 Å². The minimum atomic E-state index is -0.970. The van der Waals surface area contributed by atoms with Crippen LogP contribution in [0.15, 0.2) is 18.2 Å². The summed E-state index contributed by atoms with van der Waals surface area (Å²) in [6, 6.07) is 4.23. The molecule has 39 heavy (non-hydrogen) atoms. The van der Waals surface area contributed by atoms with Gasteiger partial charge in [-0.3, -0.25) is 34.3 Å². The summed E-state index contributed by atoms with van der Waals surface area (Å²) in [4.78, 5) is 68.7. The highest BCUT2D eigenvalue weighted by Crippen LogP contribution is 2.31. The number of amides is 5. The van der Waals surface area contributed by atoms with Gasteiger partial charge >= 0.3 is 6.09 Å². The quantitative estimate of drug-likeness (QED) is 0.378. The predicted molar refractivity (Wildman–Crippen MR) is 141 cm³/mol. The van der Waals surface area contributed by atoms with E-state index in [-0.39, 0.29) is 30.1 Å². The van der Waals surface area contributed by atoms with Crippen molar-refractivity contribution in [2.24, 2.45) is 0 Å². The van der Waals surface area contributed by atoms with Crippen LogP contribution in [-0.4, -0.2) is 116 Å². The molecule has 2 fully saturated rings. The molecule has 1 aromatic rings. The Labute approximate surface area is 228 Å². The minimum absolute atomic E-state index is 0.0908. The lowest BCUT2D eigenvalue weighted by Gasteiger charge is -2.36. The molecule has 0 aliphatic carbocycles. The zero-order valence-electron chi connectivity index (χ0n) is 23.0. The summed E-state index contributed by atoms with van der Waals surface area (Å²) in [7, 11) is 1.69. The van der Waals surface area contributed by atoms with Crippen molar-refractivity contribution in [3.63, 3.8) is 0 Å². The highest BCUT2D eigenvalue weighted by molar-refractivity contribution is 6.23. The van der Waals surface area contributed by atoms with E-state index in [1.54, 1.807) is 19.2 Å². The van der Waals surface area contributed by atoms with Crippen LogP contribution in [0.2, 0.25) is 0 Å². The lowest BCUT2D eigenvalue weighted by molar-refractivity contribution is -0.136. The topological polar surface area (TPSA) is 129 Å². The maximum Gasteiger partial charge on any atom is 0.410 e. The molecular formula is C27H37N5O7. The Morgan fingerprint density at radius 1 is 1.03 bits per heavy atom. The van der Waals surface area contributed by atoms with E-state index < -0.39 is 35.3 Å². The fourth-order valence-electron chi connectivity index (χ4n) is 4.81. The first-order valence-electron chi connectivity index (χ1n) is 13.3. The first-order chi connectivity index (χ1) is 18.4. The van der Waals surface area contributed by atoms with Crippen LogP contribution < -0.4 is 10.2 Å². The largest absolute Gasteiger partial charge is 0.444 e. The summed E-state index contributed by atoms with van der Waals surface area (Å²) < 4.78 is 11.0. The van der Waals surface area contributed by atoms with Crippen molar-refractivity contribution in [2.45, 2.75) is 45.3 Å². The number of benzene rings is 1. The van der Waals surface area contributed by atoms with Crippen LogP contribution in [-0.2, 0) is 19.1 Å². The van der Waals surface area contributed by atoms with Crippen LogP contribution in [0.5, 0.6) is 0 Å². The first-order valence-corrected chi connectivity index (χ1v) is 13.3. The third-order valence-corrected chi connectivity index (χ3v) is 6.99. The van der Waals surface area contributed by atoms with Gasteiger partial charge in [-0.15, -0.1) is 0 Å². The molecule has 5 amide bonds. The molecule has 0 radical (unpaired) electrons. The van der Waals surface area contributed by atoms with Gasteiger partial charge in [-0.1, -0.05) is 0 Å². The number of carbonyl (C=O) groups is 5. The lowest BCUT2D eigenvalue weighted by Crippen LogP contribution is -2.54. The molecule has 2 saturated heterocycles. The summed E-state index contributed by atoms with van der Waals surface area (Å²) >= 11 is 0. The maximum atomic E-state index is 13.1. The van der Waals surface area contributed by atoms with Gasteiger partial charge in [0.15, 0.2) is 0 Å². The number of hydrogen-bond acceptors (Lipinski definition) is 9. The molecule has 1 aromatic carbocycles. The van der Waals surface area contributed by atoms with Crippen molar-refractivity contribution in [2.75, 3.05) is 64.4 Å². The summed E-state index contributed by atoms with van der Waals surface area (Å²) in [5.74, 6) is -2.01. The molecule has 3 heterocycles. The standard InChI is InChI=1S/C27H37N5O7/c1-27(2,3)39-26(37)29(4)13-15-38-16-14-30-9-11-31(12-10-30)18-5-6-19-20(17-18)25(36)32(24(19)35)21-7-8-22(33)28-23(21)34/h5-6,17,21H,7-16H2,1-4H3,(H,28,33,34). The number of piperidine rings is 1. The van der Waals surface area contributed by atoms with E-state index in [4.69, 9.17) is 9.47 Å². The van der Waals surface area contributed by atoms with Crippen molar-refractivity contribution < 1.29 is 33.4 Å². The molecule has 0 aromatic heterocycles. The summed E-state index contributed by atoms with van der Waals surface area (Å²) in [6.07, 6.45) is -0.147. The summed E-state index contributed by atoms with van der Waals surface area (Å²) in [6.45, 7) is 10.8. The fraction of sp³-hybridized carbons (Fsp3) is 0.593. The van der Waals surface area contributed by atoms with Crippen molar-refractivity contribution in [1.29, 1.82) is 0 Å². The number of rotatable bonds is 8. The Balaban J connectivity index is 1.22. The van der Waals surface area contributed by atoms with Gasteiger partial charge in [0.05, 0.1) is 24.3 Å². The van der Waals surface area contributed by atoms with Crippen LogP contribution in [0.3, 0.4) is 0 Å². The third-order valence-electron chi connectivity index (χ3n) is 6.99. The van der Waals surface area contributed by atoms with E-state index in [0.717, 1.165) is 43.3 Å². The minimum Gasteiger partial charge on any atom is -0.444 e. The van der Waals surface area contributed by atoms with Gasteiger partial charge in [0.2, 0.25) is 11.8 Å². The molecule has 0 spiro atoms. The molecule has 1 N–H and O–H groups in total. The van der Waals surface area contributed by atoms with Crippen LogP contribution in [0.1, 0.15) is 54.3 Å². The average Bonchev–Trinajstić information content (AvgIpc) is 3.12. The number of likely N-dealkylation sites (N-methyl/N-ethyl adjacent to an activating group) is 1. The highest BCUT2D eigenvalue weighted by Gasteiger charge is 2.44. The Morgan fingerprint density at radius 3 is 2.38 bits per heavy atom. The average molecular weight is 544 g/mol. The molecule has 1 unspecified atom stereocenters. The second kappa shape index (κ2) is 11.7. The van der Waals surface area contributed by atoms with E-state index in [1.165, 1.54) is 4.90 Å². The summed E-state index contributed by atoms with van der Waals surface area (Å²) in [5, 5.41) is 2.21. The van der Waals surface area contributed by atoms with Gasteiger partial charge in [-0.05, 0) is 45.4 Å². The lowest BCUT2D eigenvalue weighted by atomic mass is 10.0. The molecule has 0 bridgehead atoms. The smallest absolute Gasteiger partial charge is 0.410 e. The monoisotopic (exact) mass is 543 g/mol. The molecular weight excluding hydrogens is 506 g/mol. The molecule has 3 aliphatic rings. The van der Waals surface area contributed by atoms with Gasteiger partial charge in [-0.25, -0.2) is 4.79 Å². The van der Waals surface area contributed by atoms with Crippen LogP contribution in [0.4, 0.5) is 10.5 Å². The first kappa shape index (κ1) is 28.5. The second-order valence-corrected chi connectivity index (χ2v) is 11.0. The SMILES string of the molecule is CN(CCOCCN1CCN(c2ccc3c(c2)C(=O)N(C2CCC(=O)NC2=O)C3=O)CC1)C(=O)OC(C)(C)C. The highest BCUT2D eigenvalue weighted by atomic mass is 16.6. The number of nitrogens with one attached hydrogen (secondary N) is 1. The fourth-order valence-corrected chi connectivity index (χ4v) is 4.81. The van der Waals surface area contributed by atoms with Gasteiger partial charge in [0.25, 0.3) is 11.8 Å². The number of nitrogens with zero attached hydrogens (tertiary/aromatic N) is 4. The number of fused-ring (bicyclic) bond motifs is 1. The summed E-state index contributed by atoms with van der Waals surface area (Å²) in [5.41, 5.74) is 0.883. The number of anilines is 1. The molecule has 1 atom stereocenters.